The molecule has 13 heteroatoms. The lowest BCUT2D eigenvalue weighted by atomic mass is 10.00. The molecule has 1 aliphatic heterocycles. The van der Waals surface area contributed by atoms with Crippen LogP contribution in [0.5, 0.6) is 5.88 Å². The van der Waals surface area contributed by atoms with Crippen LogP contribution in [-0.4, -0.2) is 69.8 Å². The van der Waals surface area contributed by atoms with Gasteiger partial charge in [0.2, 0.25) is 5.88 Å². The summed E-state index contributed by atoms with van der Waals surface area (Å²) in [5, 5.41) is 9.86. The van der Waals surface area contributed by atoms with Gasteiger partial charge in [-0.2, -0.15) is 4.68 Å². The molecule has 0 spiro atoms. The number of rotatable bonds is 9. The van der Waals surface area contributed by atoms with Crippen molar-refractivity contribution in [3.8, 4) is 17.0 Å². The number of ether oxygens (including phenoxy) is 4. The Morgan fingerprint density at radius 2 is 1.76 bits per heavy atom. The quantitative estimate of drug-likeness (QED) is 0.119. The molecule has 240 valence electrons. The number of nitrogens with one attached hydrogen (secondary N) is 3. The monoisotopic (exact) mass is 621 g/mol. The summed E-state index contributed by atoms with van der Waals surface area (Å²) in [6.07, 6.45) is 3.91. The first-order valence-electron chi connectivity index (χ1n) is 14.6. The van der Waals surface area contributed by atoms with Crippen molar-refractivity contribution in [1.29, 1.82) is 0 Å². The Morgan fingerprint density at radius 3 is 2.44 bits per heavy atom. The zero-order valence-corrected chi connectivity index (χ0v) is 26.5. The van der Waals surface area contributed by atoms with Crippen LogP contribution in [0.2, 0.25) is 0 Å². The summed E-state index contributed by atoms with van der Waals surface area (Å²) < 4.78 is 22.9. The lowest BCUT2D eigenvalue weighted by Crippen LogP contribution is -2.33. The molecule has 2 aromatic heterocycles. The molecule has 1 aromatic carbocycles. The van der Waals surface area contributed by atoms with E-state index in [0.717, 1.165) is 4.68 Å². The van der Waals surface area contributed by atoms with Crippen molar-refractivity contribution in [2.45, 2.75) is 66.1 Å². The number of benzene rings is 1. The van der Waals surface area contributed by atoms with E-state index < -0.39 is 29.4 Å². The number of H-pyrrole nitrogens is 1. The molecule has 2 amide bonds. The maximum absolute atomic E-state index is 13.0. The van der Waals surface area contributed by atoms with Crippen molar-refractivity contribution in [2.24, 2.45) is 0 Å². The predicted molar refractivity (Wildman–Crippen MR) is 167 cm³/mol. The summed E-state index contributed by atoms with van der Waals surface area (Å²) in [6, 6.07) is 6.88. The number of esters is 1. The van der Waals surface area contributed by atoms with Crippen molar-refractivity contribution in [3.05, 3.63) is 53.5 Å². The topological polar surface area (TPSA) is 163 Å². The number of fused-ring (bicyclic) bond motifs is 1. The Kier molecular flexibility index (Phi) is 9.69. The molecule has 0 unspecified atom stereocenters. The second-order valence-corrected chi connectivity index (χ2v) is 12.2. The molecule has 4 rings (SSSR count). The number of hydrogen-bond acceptors (Lipinski definition) is 9. The Morgan fingerprint density at radius 1 is 1.02 bits per heavy atom. The molecule has 0 saturated heterocycles. The maximum atomic E-state index is 13.0. The molecule has 3 N–H and O–H groups in total. The fourth-order valence-corrected chi connectivity index (χ4v) is 4.34. The number of hydrogen-bond donors (Lipinski definition) is 3. The fraction of sp³-hybridized carbons (Fsp3) is 0.406. The third-order valence-corrected chi connectivity index (χ3v) is 6.17. The number of carbonyl (C=O) groups is 4. The van der Waals surface area contributed by atoms with Crippen LogP contribution in [0.1, 0.15) is 76.5 Å². The van der Waals surface area contributed by atoms with Gasteiger partial charge in [-0.05, 0) is 84.7 Å². The molecule has 0 radical (unpaired) electrons. The second-order valence-electron chi connectivity index (χ2n) is 12.2. The predicted octanol–water partition coefficient (Wildman–Crippen LogP) is 5.62. The van der Waals surface area contributed by atoms with Crippen molar-refractivity contribution >= 4 is 41.4 Å². The number of aromatic nitrogens is 3. The summed E-state index contributed by atoms with van der Waals surface area (Å²) in [5.41, 5.74) is 1.95. The number of aromatic amines is 1. The van der Waals surface area contributed by atoms with Crippen LogP contribution >= 0.6 is 0 Å². The normalized spacial score (nSPS) is 13.7. The minimum Gasteiger partial charge on any atom is -0.476 e. The van der Waals surface area contributed by atoms with Crippen LogP contribution in [0.3, 0.4) is 0 Å². The van der Waals surface area contributed by atoms with Gasteiger partial charge in [-0.25, -0.2) is 14.4 Å². The van der Waals surface area contributed by atoms with Crippen LogP contribution in [0.25, 0.3) is 22.8 Å². The number of anilines is 1. The van der Waals surface area contributed by atoms with E-state index in [1.54, 1.807) is 85.0 Å². The smallest absolute Gasteiger partial charge is 0.435 e. The van der Waals surface area contributed by atoms with E-state index in [1.165, 1.54) is 6.20 Å². The number of carbonyl (C=O) groups excluding carboxylic acids is 4. The molecule has 1 aliphatic rings. The Hall–Kier alpha value is -5.07. The molecule has 0 saturated carbocycles. The van der Waals surface area contributed by atoms with Gasteiger partial charge in [0.1, 0.15) is 11.2 Å². The number of alkyl carbamates (subject to hydrolysis) is 1. The Bertz CT molecular complexity index is 1620. The first-order valence-corrected chi connectivity index (χ1v) is 14.6. The largest absolute Gasteiger partial charge is 0.476 e. The summed E-state index contributed by atoms with van der Waals surface area (Å²) >= 11 is 0. The highest BCUT2D eigenvalue weighted by Crippen LogP contribution is 2.38. The highest BCUT2D eigenvalue weighted by molar-refractivity contribution is 6.35. The zero-order chi connectivity index (χ0) is 32.9. The maximum Gasteiger partial charge on any atom is 0.435 e. The van der Waals surface area contributed by atoms with E-state index >= 15 is 0 Å². The van der Waals surface area contributed by atoms with E-state index in [-0.39, 0.29) is 25.0 Å². The van der Waals surface area contributed by atoms with Crippen LogP contribution in [0.15, 0.2) is 36.7 Å². The Labute approximate surface area is 261 Å². The van der Waals surface area contributed by atoms with Crippen LogP contribution in [0, 0.1) is 0 Å². The molecule has 45 heavy (non-hydrogen) atoms. The third kappa shape index (κ3) is 8.52. The van der Waals surface area contributed by atoms with Crippen molar-refractivity contribution < 1.29 is 38.1 Å². The van der Waals surface area contributed by atoms with Gasteiger partial charge in [0, 0.05) is 30.2 Å². The van der Waals surface area contributed by atoms with Crippen molar-refractivity contribution in [2.75, 3.05) is 25.1 Å². The molecule has 0 aliphatic carbocycles. The van der Waals surface area contributed by atoms with Gasteiger partial charge in [-0.1, -0.05) is 6.07 Å². The SMILES string of the molecule is CCOC(=O)c1cc[nH]c1/C=C1\C(=O)Nc2ccc(-c3cn(C(=O)OC(C)(C)C)nc3OCCCNC(=O)OC(C)(C)C)cc21. The van der Waals surface area contributed by atoms with Crippen molar-refractivity contribution in [1.82, 2.24) is 20.1 Å². The number of nitrogens with zero attached hydrogens (tertiary/aromatic N) is 2. The van der Waals surface area contributed by atoms with Gasteiger partial charge in [0.25, 0.3) is 5.91 Å². The van der Waals surface area contributed by atoms with E-state index in [0.29, 0.717) is 52.2 Å². The highest BCUT2D eigenvalue weighted by atomic mass is 16.6. The minimum absolute atomic E-state index is 0.162. The average molecular weight is 622 g/mol. The van der Waals surface area contributed by atoms with Gasteiger partial charge >= 0.3 is 18.2 Å². The van der Waals surface area contributed by atoms with Crippen molar-refractivity contribution in [3.63, 3.8) is 0 Å². The number of amides is 2. The van der Waals surface area contributed by atoms with Crippen LogP contribution in [-0.2, 0) is 19.0 Å². The van der Waals surface area contributed by atoms with Gasteiger partial charge < -0.3 is 34.6 Å². The van der Waals surface area contributed by atoms with Crippen LogP contribution in [0.4, 0.5) is 15.3 Å². The first-order chi connectivity index (χ1) is 21.1. The minimum atomic E-state index is -0.753. The van der Waals surface area contributed by atoms with Gasteiger partial charge in [0.05, 0.1) is 35.6 Å². The van der Waals surface area contributed by atoms with E-state index in [4.69, 9.17) is 18.9 Å². The van der Waals surface area contributed by atoms with Gasteiger partial charge in [-0.3, -0.25) is 4.79 Å². The fourth-order valence-electron chi connectivity index (χ4n) is 4.34. The zero-order valence-electron chi connectivity index (χ0n) is 26.5. The summed E-state index contributed by atoms with van der Waals surface area (Å²) in [5.74, 6) is -0.685. The third-order valence-electron chi connectivity index (χ3n) is 6.17. The van der Waals surface area contributed by atoms with Gasteiger partial charge in [-0.15, -0.1) is 5.10 Å². The van der Waals surface area contributed by atoms with E-state index in [1.807, 2.05) is 0 Å². The molecule has 0 fully saturated rings. The lowest BCUT2D eigenvalue weighted by Gasteiger charge is -2.19. The first kappa shape index (κ1) is 32.8. The standard InChI is InChI=1S/C32H39N5O8/c1-8-42-28(39)20-12-14-33-25(20)17-22-21-16-19(10-11-24(21)35-26(22)38)23-18-37(30(41)45-32(5,6)7)36-27(23)43-15-9-13-34-29(40)44-31(2,3)4/h10-12,14,16-18,33H,8-9,13,15H2,1-7H3,(H,34,40)(H,35,38)/b22-17-. The summed E-state index contributed by atoms with van der Waals surface area (Å²) in [6.45, 7) is 13.0. The molecular weight excluding hydrogens is 582 g/mol. The highest BCUT2D eigenvalue weighted by Gasteiger charge is 2.28. The summed E-state index contributed by atoms with van der Waals surface area (Å²) in [4.78, 5) is 53.2. The molecule has 3 heterocycles. The van der Waals surface area contributed by atoms with Crippen LogP contribution < -0.4 is 15.4 Å². The van der Waals surface area contributed by atoms with Gasteiger partial charge in [0.15, 0.2) is 0 Å². The Balaban J connectivity index is 1.61. The lowest BCUT2D eigenvalue weighted by molar-refractivity contribution is -0.110. The molecule has 0 bridgehead atoms. The molecule has 0 atom stereocenters. The molecular formula is C32H39N5O8. The molecule has 3 aromatic rings. The summed E-state index contributed by atoms with van der Waals surface area (Å²) in [7, 11) is 0. The average Bonchev–Trinajstić information content (AvgIpc) is 3.64. The second kappa shape index (κ2) is 13.3. The van der Waals surface area contributed by atoms with E-state index in [9.17, 15) is 19.2 Å². The molecule has 13 nitrogen and oxygen atoms in total. The van der Waals surface area contributed by atoms with E-state index in [2.05, 4.69) is 20.7 Å².